The van der Waals surface area contributed by atoms with Crippen molar-refractivity contribution in [3.05, 3.63) is 29.6 Å². The Kier molecular flexibility index (Phi) is 5.09. The third-order valence-electron chi connectivity index (χ3n) is 2.74. The highest BCUT2D eigenvalue weighted by atomic mass is 32.1. The fourth-order valence-electron chi connectivity index (χ4n) is 1.76. The number of anilines is 1. The quantitative estimate of drug-likeness (QED) is 0.857. The molecule has 0 aliphatic carbocycles. The standard InChI is InChI=1S/C14H17N3O2S/c1-19-12-6-3-2-5-10(12)11-9-20-14(16-11)17-13(18)7-4-8-15/h2-3,5-6,9H,4,7-8,15H2,1H3,(H,16,17,18). The van der Waals surface area contributed by atoms with Crippen LogP contribution in [0.5, 0.6) is 5.75 Å². The molecule has 0 fully saturated rings. The SMILES string of the molecule is COc1ccccc1-c1csc(NC(=O)CCCN)n1. The summed E-state index contributed by atoms with van der Waals surface area (Å²) in [6, 6.07) is 7.66. The molecule has 0 unspecified atom stereocenters. The molecule has 0 radical (unpaired) electrons. The van der Waals surface area contributed by atoms with Gasteiger partial charge in [0.25, 0.3) is 0 Å². The van der Waals surface area contributed by atoms with E-state index in [-0.39, 0.29) is 5.91 Å². The molecule has 20 heavy (non-hydrogen) atoms. The monoisotopic (exact) mass is 291 g/mol. The second-order valence-corrected chi connectivity index (χ2v) is 5.04. The highest BCUT2D eigenvalue weighted by Gasteiger charge is 2.10. The summed E-state index contributed by atoms with van der Waals surface area (Å²) in [6.45, 7) is 0.512. The number of methoxy groups -OCH3 is 1. The van der Waals surface area contributed by atoms with E-state index in [1.807, 2.05) is 29.6 Å². The van der Waals surface area contributed by atoms with Gasteiger partial charge in [0.1, 0.15) is 5.75 Å². The Hall–Kier alpha value is -1.92. The van der Waals surface area contributed by atoms with Gasteiger partial charge in [0, 0.05) is 17.4 Å². The average Bonchev–Trinajstić information content (AvgIpc) is 2.93. The summed E-state index contributed by atoms with van der Waals surface area (Å²) in [5.41, 5.74) is 7.08. The average molecular weight is 291 g/mol. The fourth-order valence-corrected chi connectivity index (χ4v) is 2.48. The molecule has 3 N–H and O–H groups in total. The molecule has 6 heteroatoms. The minimum atomic E-state index is -0.0589. The summed E-state index contributed by atoms with van der Waals surface area (Å²) < 4.78 is 5.31. The maximum Gasteiger partial charge on any atom is 0.226 e. The molecule has 0 aliphatic rings. The molecule has 1 amide bonds. The maximum absolute atomic E-state index is 11.6. The lowest BCUT2D eigenvalue weighted by Gasteiger charge is -2.05. The van der Waals surface area contributed by atoms with Crippen molar-refractivity contribution >= 4 is 22.4 Å². The summed E-state index contributed by atoms with van der Waals surface area (Å²) in [5.74, 6) is 0.704. The van der Waals surface area contributed by atoms with E-state index in [0.29, 0.717) is 24.5 Å². The number of rotatable bonds is 6. The van der Waals surface area contributed by atoms with E-state index in [2.05, 4.69) is 10.3 Å². The molecule has 1 aromatic heterocycles. The minimum Gasteiger partial charge on any atom is -0.496 e. The summed E-state index contributed by atoms with van der Waals surface area (Å²) in [4.78, 5) is 16.0. The Morgan fingerprint density at radius 1 is 1.45 bits per heavy atom. The first-order valence-corrected chi connectivity index (χ1v) is 7.21. The Morgan fingerprint density at radius 2 is 2.25 bits per heavy atom. The van der Waals surface area contributed by atoms with Gasteiger partial charge in [0.2, 0.25) is 5.91 Å². The van der Waals surface area contributed by atoms with Gasteiger partial charge in [-0.1, -0.05) is 12.1 Å². The van der Waals surface area contributed by atoms with Crippen molar-refractivity contribution in [2.24, 2.45) is 5.73 Å². The first-order chi connectivity index (χ1) is 9.74. The third-order valence-corrected chi connectivity index (χ3v) is 3.50. The number of carbonyl (C=O) groups is 1. The molecule has 0 spiro atoms. The molecular weight excluding hydrogens is 274 g/mol. The van der Waals surface area contributed by atoms with Crippen molar-refractivity contribution in [3.63, 3.8) is 0 Å². The van der Waals surface area contributed by atoms with Crippen molar-refractivity contribution < 1.29 is 9.53 Å². The zero-order chi connectivity index (χ0) is 14.4. The molecule has 1 aromatic carbocycles. The lowest BCUT2D eigenvalue weighted by Crippen LogP contribution is -2.13. The molecule has 0 saturated heterocycles. The van der Waals surface area contributed by atoms with E-state index >= 15 is 0 Å². The van der Waals surface area contributed by atoms with Crippen LogP contribution in [0.15, 0.2) is 29.6 Å². The maximum atomic E-state index is 11.6. The Balaban J connectivity index is 2.10. The van der Waals surface area contributed by atoms with Gasteiger partial charge >= 0.3 is 0 Å². The smallest absolute Gasteiger partial charge is 0.226 e. The number of ether oxygens (including phenoxy) is 1. The van der Waals surface area contributed by atoms with Gasteiger partial charge < -0.3 is 15.8 Å². The van der Waals surface area contributed by atoms with E-state index in [4.69, 9.17) is 10.5 Å². The molecule has 2 rings (SSSR count). The predicted octanol–water partition coefficient (Wildman–Crippen LogP) is 2.50. The number of carbonyl (C=O) groups excluding carboxylic acids is 1. The van der Waals surface area contributed by atoms with Crippen molar-refractivity contribution in [1.82, 2.24) is 4.98 Å². The van der Waals surface area contributed by atoms with Gasteiger partial charge in [-0.2, -0.15) is 0 Å². The molecular formula is C14H17N3O2S. The summed E-state index contributed by atoms with van der Waals surface area (Å²) >= 11 is 1.40. The molecule has 2 aromatic rings. The van der Waals surface area contributed by atoms with Crippen LogP contribution in [0.1, 0.15) is 12.8 Å². The van der Waals surface area contributed by atoms with Crippen LogP contribution < -0.4 is 15.8 Å². The third kappa shape index (κ3) is 3.55. The van der Waals surface area contributed by atoms with Gasteiger partial charge in [-0.15, -0.1) is 11.3 Å². The summed E-state index contributed by atoms with van der Waals surface area (Å²) in [6.07, 6.45) is 1.09. The lowest BCUT2D eigenvalue weighted by molar-refractivity contribution is -0.116. The van der Waals surface area contributed by atoms with Gasteiger partial charge in [-0.05, 0) is 25.1 Å². The molecule has 0 bridgehead atoms. The van der Waals surface area contributed by atoms with E-state index in [1.165, 1.54) is 11.3 Å². The number of benzene rings is 1. The molecule has 0 saturated carbocycles. The molecule has 106 valence electrons. The van der Waals surface area contributed by atoms with Crippen LogP contribution in [0.25, 0.3) is 11.3 Å². The molecule has 0 atom stereocenters. The zero-order valence-corrected chi connectivity index (χ0v) is 12.1. The number of thiazole rings is 1. The Bertz CT molecular complexity index is 583. The second kappa shape index (κ2) is 7.02. The van der Waals surface area contributed by atoms with Crippen LogP contribution in [-0.4, -0.2) is 24.5 Å². The number of aromatic nitrogens is 1. The van der Waals surface area contributed by atoms with Gasteiger partial charge in [-0.25, -0.2) is 4.98 Å². The Labute approximate surface area is 121 Å². The number of nitrogens with one attached hydrogen (secondary N) is 1. The summed E-state index contributed by atoms with van der Waals surface area (Å²) in [7, 11) is 1.63. The number of nitrogens with two attached hydrogens (primary N) is 1. The number of hydrogen-bond acceptors (Lipinski definition) is 5. The first kappa shape index (κ1) is 14.5. The van der Waals surface area contributed by atoms with Crippen molar-refractivity contribution in [2.75, 3.05) is 19.0 Å². The Morgan fingerprint density at radius 3 is 3.00 bits per heavy atom. The minimum absolute atomic E-state index is 0.0589. The number of hydrogen-bond donors (Lipinski definition) is 2. The molecule has 0 aliphatic heterocycles. The normalized spacial score (nSPS) is 10.3. The zero-order valence-electron chi connectivity index (χ0n) is 11.3. The predicted molar refractivity (Wildman–Crippen MR) is 81.0 cm³/mol. The summed E-state index contributed by atoms with van der Waals surface area (Å²) in [5, 5.41) is 5.27. The van der Waals surface area contributed by atoms with Crippen LogP contribution in [0.2, 0.25) is 0 Å². The second-order valence-electron chi connectivity index (χ2n) is 4.18. The largest absolute Gasteiger partial charge is 0.496 e. The highest BCUT2D eigenvalue weighted by molar-refractivity contribution is 7.14. The van der Waals surface area contributed by atoms with Crippen LogP contribution in [0.3, 0.4) is 0 Å². The van der Waals surface area contributed by atoms with E-state index < -0.39 is 0 Å². The van der Waals surface area contributed by atoms with Crippen molar-refractivity contribution in [3.8, 4) is 17.0 Å². The topological polar surface area (TPSA) is 77.2 Å². The van der Waals surface area contributed by atoms with Gasteiger partial charge in [0.15, 0.2) is 5.13 Å². The van der Waals surface area contributed by atoms with Crippen molar-refractivity contribution in [1.29, 1.82) is 0 Å². The number of para-hydroxylation sites is 1. The fraction of sp³-hybridized carbons (Fsp3) is 0.286. The van der Waals surface area contributed by atoms with Crippen LogP contribution in [0.4, 0.5) is 5.13 Å². The van der Waals surface area contributed by atoms with E-state index in [1.54, 1.807) is 7.11 Å². The van der Waals surface area contributed by atoms with Crippen LogP contribution >= 0.6 is 11.3 Å². The van der Waals surface area contributed by atoms with Crippen molar-refractivity contribution in [2.45, 2.75) is 12.8 Å². The van der Waals surface area contributed by atoms with Gasteiger partial charge in [-0.3, -0.25) is 4.79 Å². The lowest BCUT2D eigenvalue weighted by atomic mass is 10.1. The number of amides is 1. The number of nitrogens with zero attached hydrogens (tertiary/aromatic N) is 1. The van der Waals surface area contributed by atoms with E-state index in [9.17, 15) is 4.79 Å². The van der Waals surface area contributed by atoms with Crippen LogP contribution in [-0.2, 0) is 4.79 Å². The molecule has 5 nitrogen and oxygen atoms in total. The molecule has 1 heterocycles. The van der Waals surface area contributed by atoms with E-state index in [0.717, 1.165) is 17.0 Å². The highest BCUT2D eigenvalue weighted by Crippen LogP contribution is 2.31. The van der Waals surface area contributed by atoms with Gasteiger partial charge in [0.05, 0.1) is 12.8 Å². The first-order valence-electron chi connectivity index (χ1n) is 6.33. The van der Waals surface area contributed by atoms with Crippen LogP contribution in [0, 0.1) is 0 Å².